The molecule has 0 bridgehead atoms. The highest BCUT2D eigenvalue weighted by Crippen LogP contribution is 2.24. The van der Waals surface area contributed by atoms with E-state index in [0.717, 1.165) is 6.42 Å². The maximum absolute atomic E-state index is 13.4. The standard InChI is InChI=1S/C17H18FNO3/c1-2-11-21-16-10-6-4-8-14(16)19-17(20)12-22-15-9-5-3-7-13(15)18/h3-10H,2,11-12H2,1H3,(H,19,20). The Bertz CT molecular complexity index is 631. The molecule has 1 N–H and O–H groups in total. The van der Waals surface area contributed by atoms with Crippen molar-refractivity contribution in [1.29, 1.82) is 0 Å². The van der Waals surface area contributed by atoms with Gasteiger partial charge in [0.1, 0.15) is 5.75 Å². The lowest BCUT2D eigenvalue weighted by atomic mass is 10.3. The van der Waals surface area contributed by atoms with Crippen molar-refractivity contribution in [3.63, 3.8) is 0 Å². The van der Waals surface area contributed by atoms with Gasteiger partial charge in [-0.15, -0.1) is 0 Å². The molecule has 22 heavy (non-hydrogen) atoms. The van der Waals surface area contributed by atoms with Crippen molar-refractivity contribution < 1.29 is 18.7 Å². The van der Waals surface area contributed by atoms with Crippen molar-refractivity contribution in [2.45, 2.75) is 13.3 Å². The number of ether oxygens (including phenoxy) is 2. The first kappa shape index (κ1) is 15.8. The number of rotatable bonds is 7. The minimum absolute atomic E-state index is 0.0492. The minimum atomic E-state index is -0.498. The van der Waals surface area contributed by atoms with Gasteiger partial charge >= 0.3 is 0 Å². The number of amides is 1. The van der Waals surface area contributed by atoms with Gasteiger partial charge in [0.2, 0.25) is 0 Å². The second kappa shape index (κ2) is 8.02. The molecule has 5 heteroatoms. The number of carbonyl (C=O) groups excluding carboxylic acids is 1. The van der Waals surface area contributed by atoms with E-state index in [-0.39, 0.29) is 18.3 Å². The summed E-state index contributed by atoms with van der Waals surface area (Å²) < 4.78 is 24.1. The minimum Gasteiger partial charge on any atom is -0.491 e. The van der Waals surface area contributed by atoms with Gasteiger partial charge in [-0.3, -0.25) is 4.79 Å². The van der Waals surface area contributed by atoms with E-state index in [1.54, 1.807) is 30.3 Å². The summed E-state index contributed by atoms with van der Waals surface area (Å²) in [5.41, 5.74) is 0.568. The van der Waals surface area contributed by atoms with E-state index in [1.807, 2.05) is 13.0 Å². The number of nitrogens with one attached hydrogen (secondary N) is 1. The Hall–Kier alpha value is -2.56. The van der Waals surface area contributed by atoms with Crippen LogP contribution in [0.3, 0.4) is 0 Å². The Morgan fingerprint density at radius 2 is 1.73 bits per heavy atom. The highest BCUT2D eigenvalue weighted by Gasteiger charge is 2.09. The van der Waals surface area contributed by atoms with Crippen LogP contribution in [0.5, 0.6) is 11.5 Å². The first-order valence-corrected chi connectivity index (χ1v) is 7.09. The third kappa shape index (κ3) is 4.48. The molecule has 4 nitrogen and oxygen atoms in total. The fraction of sp³-hybridized carbons (Fsp3) is 0.235. The van der Waals surface area contributed by atoms with Crippen LogP contribution in [0.4, 0.5) is 10.1 Å². The predicted octanol–water partition coefficient (Wildman–Crippen LogP) is 3.63. The molecule has 0 aliphatic carbocycles. The van der Waals surface area contributed by atoms with Gasteiger partial charge in [0, 0.05) is 0 Å². The van der Waals surface area contributed by atoms with E-state index in [9.17, 15) is 9.18 Å². The highest BCUT2D eigenvalue weighted by atomic mass is 19.1. The number of halogens is 1. The van der Waals surface area contributed by atoms with Gasteiger partial charge in [0.05, 0.1) is 12.3 Å². The van der Waals surface area contributed by atoms with Crippen molar-refractivity contribution in [2.24, 2.45) is 0 Å². The third-order valence-corrected chi connectivity index (χ3v) is 2.82. The van der Waals surface area contributed by atoms with E-state index < -0.39 is 5.82 Å². The van der Waals surface area contributed by atoms with Crippen molar-refractivity contribution in [3.05, 3.63) is 54.3 Å². The fourth-order valence-electron chi connectivity index (χ4n) is 1.80. The van der Waals surface area contributed by atoms with Crippen LogP contribution >= 0.6 is 0 Å². The summed E-state index contributed by atoms with van der Waals surface area (Å²) >= 11 is 0. The van der Waals surface area contributed by atoms with E-state index in [1.165, 1.54) is 12.1 Å². The molecule has 116 valence electrons. The molecule has 1 amide bonds. The van der Waals surface area contributed by atoms with Crippen LogP contribution in [0.15, 0.2) is 48.5 Å². The average Bonchev–Trinajstić information content (AvgIpc) is 2.53. The zero-order valence-electron chi connectivity index (χ0n) is 12.3. The molecule has 0 saturated carbocycles. The SMILES string of the molecule is CCCOc1ccccc1NC(=O)COc1ccccc1F. The fourth-order valence-corrected chi connectivity index (χ4v) is 1.80. The van der Waals surface area contributed by atoms with E-state index >= 15 is 0 Å². The molecule has 0 aliphatic heterocycles. The summed E-state index contributed by atoms with van der Waals surface area (Å²) in [5, 5.41) is 2.70. The van der Waals surface area contributed by atoms with Crippen LogP contribution < -0.4 is 14.8 Å². The number of carbonyl (C=O) groups is 1. The van der Waals surface area contributed by atoms with E-state index in [0.29, 0.717) is 18.0 Å². The molecule has 0 radical (unpaired) electrons. The first-order chi connectivity index (χ1) is 10.7. The van der Waals surface area contributed by atoms with Gasteiger partial charge in [0.15, 0.2) is 18.2 Å². The lowest BCUT2D eigenvalue weighted by Crippen LogP contribution is -2.21. The summed E-state index contributed by atoms with van der Waals surface area (Å²) in [7, 11) is 0. The third-order valence-electron chi connectivity index (χ3n) is 2.82. The molecule has 0 unspecified atom stereocenters. The number of anilines is 1. The lowest BCUT2D eigenvalue weighted by Gasteiger charge is -2.12. The Morgan fingerprint density at radius 1 is 1.05 bits per heavy atom. The van der Waals surface area contributed by atoms with E-state index in [2.05, 4.69) is 5.32 Å². The predicted molar refractivity (Wildman–Crippen MR) is 82.8 cm³/mol. The first-order valence-electron chi connectivity index (χ1n) is 7.09. The van der Waals surface area contributed by atoms with Crippen LogP contribution in [0.1, 0.15) is 13.3 Å². The van der Waals surface area contributed by atoms with Crippen LogP contribution in [0.2, 0.25) is 0 Å². The summed E-state index contributed by atoms with van der Waals surface area (Å²) in [6, 6.07) is 13.1. The number of benzene rings is 2. The largest absolute Gasteiger partial charge is 0.491 e. The molecule has 2 rings (SSSR count). The number of hydrogen-bond acceptors (Lipinski definition) is 3. The van der Waals surface area contributed by atoms with Crippen molar-refractivity contribution in [1.82, 2.24) is 0 Å². The number of para-hydroxylation sites is 3. The second-order valence-corrected chi connectivity index (χ2v) is 4.61. The van der Waals surface area contributed by atoms with Crippen molar-refractivity contribution >= 4 is 11.6 Å². The molecule has 2 aromatic rings. The van der Waals surface area contributed by atoms with Crippen molar-refractivity contribution in [3.8, 4) is 11.5 Å². The molecule has 0 aliphatic rings. The molecule has 0 spiro atoms. The van der Waals surface area contributed by atoms with Crippen LogP contribution in [-0.4, -0.2) is 19.1 Å². The van der Waals surface area contributed by atoms with Gasteiger partial charge in [-0.1, -0.05) is 31.2 Å². The van der Waals surface area contributed by atoms with E-state index in [4.69, 9.17) is 9.47 Å². The Morgan fingerprint density at radius 3 is 2.45 bits per heavy atom. The smallest absolute Gasteiger partial charge is 0.262 e. The molecule has 0 fully saturated rings. The zero-order valence-corrected chi connectivity index (χ0v) is 12.3. The molecule has 0 heterocycles. The summed E-state index contributed by atoms with van der Waals surface area (Å²) in [5.74, 6) is -0.227. The maximum atomic E-state index is 13.4. The van der Waals surface area contributed by atoms with Crippen LogP contribution in [0.25, 0.3) is 0 Å². The van der Waals surface area contributed by atoms with Gasteiger partial charge in [-0.05, 0) is 30.7 Å². The molecule has 2 aromatic carbocycles. The summed E-state index contributed by atoms with van der Waals surface area (Å²) in [6.45, 7) is 2.30. The highest BCUT2D eigenvalue weighted by molar-refractivity contribution is 5.93. The van der Waals surface area contributed by atoms with Gasteiger partial charge < -0.3 is 14.8 Å². The quantitative estimate of drug-likeness (QED) is 0.849. The normalized spacial score (nSPS) is 10.1. The summed E-state index contributed by atoms with van der Waals surface area (Å²) in [4.78, 5) is 11.9. The monoisotopic (exact) mass is 303 g/mol. The second-order valence-electron chi connectivity index (χ2n) is 4.61. The van der Waals surface area contributed by atoms with Crippen molar-refractivity contribution in [2.75, 3.05) is 18.5 Å². The zero-order chi connectivity index (χ0) is 15.8. The topological polar surface area (TPSA) is 47.6 Å². The molecular formula is C17H18FNO3. The van der Waals surface area contributed by atoms with Gasteiger partial charge in [-0.2, -0.15) is 0 Å². The Balaban J connectivity index is 1.93. The Labute approximate surface area is 128 Å². The van der Waals surface area contributed by atoms with Crippen LogP contribution in [0, 0.1) is 5.82 Å². The summed E-state index contributed by atoms with van der Waals surface area (Å²) in [6.07, 6.45) is 0.874. The van der Waals surface area contributed by atoms with Gasteiger partial charge in [-0.25, -0.2) is 4.39 Å². The van der Waals surface area contributed by atoms with Gasteiger partial charge in [0.25, 0.3) is 5.91 Å². The molecule has 0 saturated heterocycles. The molecular weight excluding hydrogens is 285 g/mol. The lowest BCUT2D eigenvalue weighted by molar-refractivity contribution is -0.118. The Kier molecular flexibility index (Phi) is 5.77. The average molecular weight is 303 g/mol. The maximum Gasteiger partial charge on any atom is 0.262 e. The number of hydrogen-bond donors (Lipinski definition) is 1. The molecule has 0 atom stereocenters. The van der Waals surface area contributed by atoms with Crippen LogP contribution in [-0.2, 0) is 4.79 Å². The molecule has 0 aromatic heterocycles.